The molecule has 0 aliphatic carbocycles. The van der Waals surface area contributed by atoms with Crippen molar-refractivity contribution in [1.29, 1.82) is 0 Å². The number of hydrogen-bond donors (Lipinski definition) is 0. The maximum atomic E-state index is 2.53. The van der Waals surface area contributed by atoms with Gasteiger partial charge in [-0.15, -0.1) is 0 Å². The normalized spacial score (nSPS) is 11.9. The molecule has 0 atom stereocenters. The van der Waals surface area contributed by atoms with Crippen molar-refractivity contribution in [2.75, 3.05) is 0 Å². The van der Waals surface area contributed by atoms with Crippen molar-refractivity contribution >= 4 is 65.4 Å². The zero-order chi connectivity index (χ0) is 33.5. The molecular formula is C48H31N3. The Morgan fingerprint density at radius 2 is 0.765 bits per heavy atom. The van der Waals surface area contributed by atoms with Crippen LogP contribution in [0.3, 0.4) is 0 Å². The predicted octanol–water partition coefficient (Wildman–Crippen LogP) is 12.6. The van der Waals surface area contributed by atoms with Crippen molar-refractivity contribution < 1.29 is 0 Å². The van der Waals surface area contributed by atoms with Crippen LogP contribution in [0.15, 0.2) is 188 Å². The summed E-state index contributed by atoms with van der Waals surface area (Å²) in [5.41, 5.74) is 13.1. The number of nitrogens with zero attached hydrogens (tertiary/aromatic N) is 3. The molecule has 0 saturated carbocycles. The van der Waals surface area contributed by atoms with Gasteiger partial charge in [0, 0.05) is 43.7 Å². The molecule has 0 saturated heterocycles. The largest absolute Gasteiger partial charge is 0.309 e. The third kappa shape index (κ3) is 4.00. The van der Waals surface area contributed by atoms with E-state index < -0.39 is 0 Å². The van der Waals surface area contributed by atoms with E-state index in [9.17, 15) is 0 Å². The molecule has 0 N–H and O–H groups in total. The highest BCUT2D eigenvalue weighted by Crippen LogP contribution is 2.44. The average Bonchev–Trinajstić information content (AvgIpc) is 3.85. The lowest BCUT2D eigenvalue weighted by molar-refractivity contribution is 1.15. The lowest BCUT2D eigenvalue weighted by atomic mass is 10.1. The van der Waals surface area contributed by atoms with E-state index in [2.05, 4.69) is 202 Å². The van der Waals surface area contributed by atoms with E-state index in [1.807, 2.05) is 0 Å². The van der Waals surface area contributed by atoms with Crippen LogP contribution < -0.4 is 0 Å². The maximum Gasteiger partial charge on any atom is 0.0789 e. The topological polar surface area (TPSA) is 14.8 Å². The summed E-state index contributed by atoms with van der Waals surface area (Å²) in [5, 5.41) is 7.46. The molecule has 3 aromatic heterocycles. The molecule has 11 rings (SSSR count). The molecule has 0 fully saturated rings. The Labute approximate surface area is 294 Å². The van der Waals surface area contributed by atoms with Crippen LogP contribution in [0.4, 0.5) is 0 Å². The van der Waals surface area contributed by atoms with Gasteiger partial charge in [0.25, 0.3) is 0 Å². The first kappa shape index (κ1) is 28.0. The summed E-state index contributed by atoms with van der Waals surface area (Å²) in [4.78, 5) is 0. The number of para-hydroxylation sites is 4. The predicted molar refractivity (Wildman–Crippen MR) is 215 cm³/mol. The number of hydrogen-bond acceptors (Lipinski definition) is 0. The zero-order valence-electron chi connectivity index (χ0n) is 27.7. The molecule has 0 aliphatic rings. The summed E-state index contributed by atoms with van der Waals surface area (Å²) < 4.78 is 7.43. The first-order valence-corrected chi connectivity index (χ1v) is 17.5. The van der Waals surface area contributed by atoms with Crippen LogP contribution in [0.2, 0.25) is 0 Å². The van der Waals surface area contributed by atoms with Crippen molar-refractivity contribution in [2.45, 2.75) is 0 Å². The standard InChI is InChI=1S/C48H31N3/c1-3-15-32(16-4-1)33-17-13-20-35(31-33)49-43-26-12-9-23-40(43)46-44(49)27-14-28-45(46)51-42-25-11-8-22-37(42)39-30-29-38-36-21-7-10-24-41(36)50(47(38)48(39)51)34-18-5-2-6-19-34/h1-31H. The second-order valence-corrected chi connectivity index (χ2v) is 13.3. The summed E-state index contributed by atoms with van der Waals surface area (Å²) in [6, 6.07) is 68.4. The summed E-state index contributed by atoms with van der Waals surface area (Å²) in [6.45, 7) is 0. The molecule has 238 valence electrons. The molecule has 0 spiro atoms. The van der Waals surface area contributed by atoms with Crippen molar-refractivity contribution in [3.05, 3.63) is 188 Å². The highest BCUT2D eigenvalue weighted by Gasteiger charge is 2.23. The first-order valence-electron chi connectivity index (χ1n) is 17.5. The van der Waals surface area contributed by atoms with E-state index >= 15 is 0 Å². The molecule has 0 bridgehead atoms. The second kappa shape index (κ2) is 10.8. The minimum absolute atomic E-state index is 1.15. The van der Waals surface area contributed by atoms with Gasteiger partial charge in [-0.1, -0.05) is 133 Å². The molecule has 11 aromatic rings. The van der Waals surface area contributed by atoms with Crippen LogP contribution in [-0.4, -0.2) is 13.7 Å². The van der Waals surface area contributed by atoms with Gasteiger partial charge in [0.15, 0.2) is 0 Å². The van der Waals surface area contributed by atoms with Crippen molar-refractivity contribution in [3.63, 3.8) is 0 Å². The van der Waals surface area contributed by atoms with Crippen LogP contribution in [0, 0.1) is 0 Å². The molecule has 0 amide bonds. The SMILES string of the molecule is c1ccc(-c2cccc(-n3c4ccccc4c4c(-n5c6ccccc6c6ccc7c8ccccc8n(-c8ccccc8)c7c65)cccc43)c2)cc1. The van der Waals surface area contributed by atoms with Crippen LogP contribution >= 0.6 is 0 Å². The first-order chi connectivity index (χ1) is 25.3. The molecular weight excluding hydrogens is 619 g/mol. The van der Waals surface area contributed by atoms with Gasteiger partial charge in [0.2, 0.25) is 0 Å². The molecule has 0 radical (unpaired) electrons. The molecule has 3 nitrogen and oxygen atoms in total. The van der Waals surface area contributed by atoms with Gasteiger partial charge in [-0.05, 0) is 65.7 Å². The Hall–Kier alpha value is -6.84. The molecule has 3 heterocycles. The monoisotopic (exact) mass is 649 g/mol. The Morgan fingerprint density at radius 1 is 0.275 bits per heavy atom. The van der Waals surface area contributed by atoms with Crippen LogP contribution in [0.1, 0.15) is 0 Å². The fourth-order valence-electron chi connectivity index (χ4n) is 8.52. The van der Waals surface area contributed by atoms with Crippen LogP contribution in [-0.2, 0) is 0 Å². The van der Waals surface area contributed by atoms with Crippen molar-refractivity contribution in [2.24, 2.45) is 0 Å². The molecule has 0 aliphatic heterocycles. The Morgan fingerprint density at radius 3 is 1.47 bits per heavy atom. The summed E-state index contributed by atoms with van der Waals surface area (Å²) in [7, 11) is 0. The smallest absolute Gasteiger partial charge is 0.0789 e. The number of rotatable bonds is 4. The van der Waals surface area contributed by atoms with E-state index in [-0.39, 0.29) is 0 Å². The van der Waals surface area contributed by atoms with E-state index in [1.165, 1.54) is 82.2 Å². The molecule has 0 unspecified atom stereocenters. The number of benzene rings is 8. The van der Waals surface area contributed by atoms with Gasteiger partial charge in [-0.2, -0.15) is 0 Å². The highest BCUT2D eigenvalue weighted by molar-refractivity contribution is 6.25. The Balaban J connectivity index is 1.30. The fourth-order valence-corrected chi connectivity index (χ4v) is 8.52. The van der Waals surface area contributed by atoms with Crippen molar-refractivity contribution in [3.8, 4) is 28.2 Å². The molecule has 51 heavy (non-hydrogen) atoms. The van der Waals surface area contributed by atoms with Gasteiger partial charge < -0.3 is 13.7 Å². The van der Waals surface area contributed by atoms with E-state index in [4.69, 9.17) is 0 Å². The van der Waals surface area contributed by atoms with E-state index in [0.29, 0.717) is 0 Å². The van der Waals surface area contributed by atoms with Gasteiger partial charge >= 0.3 is 0 Å². The van der Waals surface area contributed by atoms with Gasteiger partial charge in [0.1, 0.15) is 0 Å². The fraction of sp³-hybridized carbons (Fsp3) is 0. The summed E-state index contributed by atoms with van der Waals surface area (Å²) in [5.74, 6) is 0. The zero-order valence-corrected chi connectivity index (χ0v) is 27.7. The average molecular weight is 650 g/mol. The van der Waals surface area contributed by atoms with Gasteiger partial charge in [0.05, 0.1) is 38.8 Å². The Kier molecular flexibility index (Phi) is 5.96. The third-order valence-electron chi connectivity index (χ3n) is 10.6. The summed E-state index contributed by atoms with van der Waals surface area (Å²) in [6.07, 6.45) is 0. The second-order valence-electron chi connectivity index (χ2n) is 13.3. The lowest BCUT2D eigenvalue weighted by Crippen LogP contribution is -1.99. The Bertz CT molecular complexity index is 3120. The van der Waals surface area contributed by atoms with Gasteiger partial charge in [-0.25, -0.2) is 0 Å². The quantitative estimate of drug-likeness (QED) is 0.180. The van der Waals surface area contributed by atoms with Crippen LogP contribution in [0.25, 0.3) is 93.6 Å². The number of aromatic nitrogens is 3. The molecule has 8 aromatic carbocycles. The lowest BCUT2D eigenvalue weighted by Gasteiger charge is -2.14. The van der Waals surface area contributed by atoms with Gasteiger partial charge in [-0.3, -0.25) is 0 Å². The van der Waals surface area contributed by atoms with E-state index in [0.717, 1.165) is 11.4 Å². The third-order valence-corrected chi connectivity index (χ3v) is 10.6. The summed E-state index contributed by atoms with van der Waals surface area (Å²) >= 11 is 0. The van der Waals surface area contributed by atoms with Crippen LogP contribution in [0.5, 0.6) is 0 Å². The minimum Gasteiger partial charge on any atom is -0.309 e. The minimum atomic E-state index is 1.15. The molecule has 3 heteroatoms. The highest BCUT2D eigenvalue weighted by atomic mass is 15.1. The van der Waals surface area contributed by atoms with Crippen molar-refractivity contribution in [1.82, 2.24) is 13.7 Å². The number of fused-ring (bicyclic) bond motifs is 10. The maximum absolute atomic E-state index is 2.53. The van der Waals surface area contributed by atoms with E-state index in [1.54, 1.807) is 0 Å².